The molecule has 0 radical (unpaired) electrons. The van der Waals surface area contributed by atoms with Crippen molar-refractivity contribution < 1.29 is 4.39 Å². The average Bonchev–Trinajstić information content (AvgIpc) is 2.38. The third-order valence-corrected chi connectivity index (χ3v) is 9.41. The molecule has 0 saturated carbocycles. The molecule has 0 nitrogen and oxygen atoms in total. The van der Waals surface area contributed by atoms with Crippen LogP contribution in [0.3, 0.4) is 0 Å². The van der Waals surface area contributed by atoms with E-state index in [-0.39, 0.29) is 6.67 Å². The molecule has 0 amide bonds. The molecular weight excluding hydrogens is 333 g/mol. The van der Waals surface area contributed by atoms with E-state index >= 15 is 0 Å². The summed E-state index contributed by atoms with van der Waals surface area (Å²) in [4.78, 5) is 0. The molecule has 2 aromatic carbocycles. The maximum absolute atomic E-state index is 12.7. The Morgan fingerprint density at radius 3 is 2.25 bits per heavy atom. The van der Waals surface area contributed by atoms with Crippen LogP contribution in [-0.4, -0.2) is 26.3 Å². The fourth-order valence-corrected chi connectivity index (χ4v) is 7.99. The van der Waals surface area contributed by atoms with E-state index in [0.29, 0.717) is 26.3 Å². The second-order valence-electron chi connectivity index (χ2n) is 3.22. The van der Waals surface area contributed by atoms with Crippen molar-refractivity contribution in [2.24, 2.45) is 0 Å². The Morgan fingerprint density at radius 2 is 1.50 bits per heavy atom. The van der Waals surface area contributed by atoms with Crippen molar-refractivity contribution in [2.45, 2.75) is 6.67 Å². The van der Waals surface area contributed by atoms with Crippen LogP contribution in [0, 0.1) is 0 Å². The van der Waals surface area contributed by atoms with E-state index in [1.54, 1.807) is 0 Å². The van der Waals surface area contributed by atoms with Crippen molar-refractivity contribution in [3.8, 4) is 0 Å². The van der Waals surface area contributed by atoms with Gasteiger partial charge in [-0.1, -0.05) is 0 Å². The van der Waals surface area contributed by atoms with Gasteiger partial charge in [-0.3, -0.25) is 0 Å². The summed E-state index contributed by atoms with van der Waals surface area (Å²) >= 11 is 0.844. The van der Waals surface area contributed by atoms with Crippen molar-refractivity contribution in [3.63, 3.8) is 0 Å². The molecule has 0 aliphatic heterocycles. The first-order valence-corrected chi connectivity index (χ1v) is 11.0. The van der Waals surface area contributed by atoms with Gasteiger partial charge < -0.3 is 0 Å². The molecule has 0 aromatic heterocycles. The van der Waals surface area contributed by atoms with Crippen LogP contribution in [0.15, 0.2) is 54.6 Å². The minimum absolute atomic E-state index is 0.344. The van der Waals surface area contributed by atoms with Gasteiger partial charge in [-0.15, -0.1) is 0 Å². The van der Waals surface area contributed by atoms with Crippen LogP contribution in [0.4, 0.5) is 4.39 Å². The predicted octanol–water partition coefficient (Wildman–Crippen LogP) is 1.43. The zero-order valence-electron chi connectivity index (χ0n) is 8.60. The van der Waals surface area contributed by atoms with E-state index in [0.717, 1.165) is 5.56 Å². The zero-order chi connectivity index (χ0) is 11.2. The van der Waals surface area contributed by atoms with Gasteiger partial charge >= 0.3 is 106 Å². The van der Waals surface area contributed by atoms with E-state index < -0.39 is 0 Å². The summed E-state index contributed by atoms with van der Waals surface area (Å²) in [5.41, 5.74) is 0.861. The van der Waals surface area contributed by atoms with Gasteiger partial charge in [0.25, 0.3) is 0 Å². The van der Waals surface area contributed by atoms with Crippen LogP contribution in [0.25, 0.3) is 0 Å². The van der Waals surface area contributed by atoms with E-state index in [1.807, 2.05) is 24.3 Å². The quantitative estimate of drug-likeness (QED) is 0.737. The molecule has 0 N–H and O–H groups in total. The first-order chi connectivity index (χ1) is 7.90. The van der Waals surface area contributed by atoms with Crippen LogP contribution in [0.2, 0.25) is 0 Å². The average molecular weight is 344 g/mol. The molecule has 16 heavy (non-hydrogen) atoms. The number of hydrogen-bond donors (Lipinski definition) is 0. The fraction of sp³-hybridized carbons (Fsp3) is 0.0769. The second kappa shape index (κ2) is 6.22. The molecule has 0 saturated heterocycles. The summed E-state index contributed by atoms with van der Waals surface area (Å²) in [6.45, 7) is -0.344. The van der Waals surface area contributed by atoms with Crippen LogP contribution in [-0.2, 0) is 6.67 Å². The van der Waals surface area contributed by atoms with Gasteiger partial charge in [-0.2, -0.15) is 0 Å². The molecule has 0 fully saturated rings. The van der Waals surface area contributed by atoms with Gasteiger partial charge in [0.2, 0.25) is 0 Å². The first kappa shape index (κ1) is 11.9. The number of hydrogen-bond acceptors (Lipinski definition) is 0. The van der Waals surface area contributed by atoms with Gasteiger partial charge in [0.1, 0.15) is 0 Å². The van der Waals surface area contributed by atoms with Gasteiger partial charge in [0.15, 0.2) is 0 Å². The molecule has 0 aliphatic rings. The van der Waals surface area contributed by atoms with Gasteiger partial charge in [-0.25, -0.2) is 0 Å². The monoisotopic (exact) mass is 346 g/mol. The van der Waals surface area contributed by atoms with Crippen LogP contribution in [0.5, 0.6) is 0 Å². The van der Waals surface area contributed by atoms with Gasteiger partial charge in [0, 0.05) is 0 Å². The number of rotatable bonds is 4. The molecule has 0 unspecified atom stereocenters. The molecule has 0 atom stereocenters. The van der Waals surface area contributed by atoms with Crippen LogP contribution in [0.1, 0.15) is 5.56 Å². The Hall–Kier alpha value is -0.591. The van der Waals surface area contributed by atoms with Crippen LogP contribution >= 0.6 is 0 Å². The molecule has 3 heteroatoms. The summed E-state index contributed by atoms with van der Waals surface area (Å²) in [5.74, 6) is 0. The summed E-state index contributed by atoms with van der Waals surface area (Å²) in [6.07, 6.45) is 0. The van der Waals surface area contributed by atoms with Crippen molar-refractivity contribution >= 4 is 35.2 Å². The topological polar surface area (TPSA) is 0 Å². The first-order valence-electron chi connectivity index (χ1n) is 4.93. The molecule has 0 heterocycles. The predicted molar refractivity (Wildman–Crippen MR) is 68.5 cm³/mol. The SMILES string of the molecule is FCc1ccccc1[Se][Se]c1ccccc1. The van der Waals surface area contributed by atoms with Gasteiger partial charge in [-0.05, 0) is 0 Å². The van der Waals surface area contributed by atoms with E-state index in [1.165, 1.54) is 8.92 Å². The molecule has 2 rings (SSSR count). The van der Waals surface area contributed by atoms with Crippen molar-refractivity contribution in [1.29, 1.82) is 0 Å². The summed E-state index contributed by atoms with van der Waals surface area (Å²) in [6, 6.07) is 18.3. The van der Waals surface area contributed by atoms with Crippen molar-refractivity contribution in [1.82, 2.24) is 0 Å². The zero-order valence-corrected chi connectivity index (χ0v) is 12.0. The summed E-state index contributed by atoms with van der Waals surface area (Å²) in [7, 11) is 0. The fourth-order valence-electron chi connectivity index (χ4n) is 1.26. The Bertz CT molecular complexity index is 443. The normalized spacial score (nSPS) is 10.3. The third-order valence-electron chi connectivity index (χ3n) is 2.09. The summed E-state index contributed by atoms with van der Waals surface area (Å²) in [5, 5.41) is 0. The maximum atomic E-state index is 12.7. The Morgan fingerprint density at radius 1 is 0.812 bits per heavy atom. The molecule has 2 aromatic rings. The van der Waals surface area contributed by atoms with E-state index in [2.05, 4.69) is 30.3 Å². The second-order valence-corrected chi connectivity index (χ2v) is 9.47. The number of alkyl halides is 1. The third kappa shape index (κ3) is 3.20. The number of halogens is 1. The minimum atomic E-state index is -0.344. The Labute approximate surface area is 106 Å². The Balaban J connectivity index is 2.05. The molecule has 0 spiro atoms. The van der Waals surface area contributed by atoms with Crippen molar-refractivity contribution in [2.75, 3.05) is 0 Å². The number of benzene rings is 2. The van der Waals surface area contributed by atoms with Crippen LogP contribution < -0.4 is 8.92 Å². The Kier molecular flexibility index (Phi) is 4.62. The molecular formula is C13H11FSe2. The van der Waals surface area contributed by atoms with E-state index in [4.69, 9.17) is 0 Å². The van der Waals surface area contributed by atoms with Gasteiger partial charge in [0.05, 0.1) is 0 Å². The molecule has 0 aliphatic carbocycles. The van der Waals surface area contributed by atoms with Crippen molar-refractivity contribution in [3.05, 3.63) is 60.2 Å². The van der Waals surface area contributed by atoms with E-state index in [9.17, 15) is 4.39 Å². The molecule has 0 bridgehead atoms. The summed E-state index contributed by atoms with van der Waals surface area (Å²) < 4.78 is 15.3. The standard InChI is InChI=1S/C13H11FSe2/c14-10-11-6-4-5-9-13(11)16-15-12-7-2-1-3-8-12/h1-9H,10H2. The molecule has 82 valence electrons.